The average molecular weight is 374 g/mol. The van der Waals surface area contributed by atoms with Crippen LogP contribution in [0.2, 0.25) is 5.02 Å². The molecule has 5 nitrogen and oxygen atoms in total. The molecule has 0 aliphatic carbocycles. The van der Waals surface area contributed by atoms with Crippen LogP contribution in [0.4, 0.5) is 10.5 Å². The zero-order valence-corrected chi connectivity index (χ0v) is 16.1. The van der Waals surface area contributed by atoms with Crippen LogP contribution in [0.1, 0.15) is 49.7 Å². The molecule has 0 radical (unpaired) electrons. The van der Waals surface area contributed by atoms with Crippen LogP contribution in [-0.4, -0.2) is 17.5 Å². The summed E-state index contributed by atoms with van der Waals surface area (Å²) >= 11 is 5.88. The molecule has 26 heavy (non-hydrogen) atoms. The molecule has 0 spiro atoms. The van der Waals surface area contributed by atoms with Crippen molar-refractivity contribution in [3.8, 4) is 0 Å². The Morgan fingerprint density at radius 2 is 1.62 bits per heavy atom. The van der Waals surface area contributed by atoms with Gasteiger partial charge in [-0.3, -0.25) is 4.79 Å². The van der Waals surface area contributed by atoms with Gasteiger partial charge >= 0.3 is 6.03 Å². The van der Waals surface area contributed by atoms with Crippen molar-refractivity contribution in [1.82, 2.24) is 10.6 Å². The van der Waals surface area contributed by atoms with E-state index in [4.69, 9.17) is 11.6 Å². The Labute approximate surface area is 159 Å². The molecule has 1 atom stereocenters. The van der Waals surface area contributed by atoms with Gasteiger partial charge in [-0.2, -0.15) is 0 Å². The molecule has 138 valence electrons. The van der Waals surface area contributed by atoms with E-state index in [-0.39, 0.29) is 23.5 Å². The number of rotatable bonds is 4. The van der Waals surface area contributed by atoms with Crippen LogP contribution in [0.3, 0.4) is 0 Å². The summed E-state index contributed by atoms with van der Waals surface area (Å²) in [5.74, 6) is -0.237. The van der Waals surface area contributed by atoms with Crippen molar-refractivity contribution in [1.29, 1.82) is 0 Å². The van der Waals surface area contributed by atoms with Crippen LogP contribution in [0.5, 0.6) is 0 Å². The van der Waals surface area contributed by atoms with Crippen molar-refractivity contribution in [3.63, 3.8) is 0 Å². The topological polar surface area (TPSA) is 70.2 Å². The zero-order chi connectivity index (χ0) is 19.3. The third-order valence-corrected chi connectivity index (χ3v) is 3.88. The summed E-state index contributed by atoms with van der Waals surface area (Å²) in [6.07, 6.45) is 0. The first-order valence-corrected chi connectivity index (χ1v) is 8.78. The van der Waals surface area contributed by atoms with E-state index in [1.165, 1.54) is 0 Å². The number of amides is 3. The smallest absolute Gasteiger partial charge is 0.319 e. The molecule has 0 aromatic heterocycles. The fraction of sp³-hybridized carbons (Fsp3) is 0.300. The lowest BCUT2D eigenvalue weighted by molar-refractivity contribution is 0.0920. The van der Waals surface area contributed by atoms with Gasteiger partial charge in [0, 0.05) is 10.6 Å². The molecule has 3 N–H and O–H groups in total. The maximum atomic E-state index is 12.4. The highest BCUT2D eigenvalue weighted by Gasteiger charge is 2.19. The number of carbonyl (C=O) groups excluding carboxylic acids is 2. The SMILES string of the molecule is CC(NC(=O)Nc1ccccc1C(=O)NC(C)(C)C)c1ccc(Cl)cc1. The highest BCUT2D eigenvalue weighted by molar-refractivity contribution is 6.30. The van der Waals surface area contributed by atoms with Crippen LogP contribution in [0.25, 0.3) is 0 Å². The van der Waals surface area contributed by atoms with Crippen molar-refractivity contribution in [2.75, 3.05) is 5.32 Å². The van der Waals surface area contributed by atoms with Gasteiger partial charge in [-0.05, 0) is 57.5 Å². The molecular formula is C20H24ClN3O2. The van der Waals surface area contributed by atoms with Crippen LogP contribution < -0.4 is 16.0 Å². The van der Waals surface area contributed by atoms with E-state index in [0.717, 1.165) is 5.56 Å². The molecule has 3 amide bonds. The number of hydrogen-bond acceptors (Lipinski definition) is 2. The minimum absolute atomic E-state index is 0.206. The maximum Gasteiger partial charge on any atom is 0.319 e. The molecule has 0 fully saturated rings. The molecule has 0 heterocycles. The first kappa shape index (κ1) is 19.8. The highest BCUT2D eigenvalue weighted by atomic mass is 35.5. The van der Waals surface area contributed by atoms with Gasteiger partial charge in [-0.25, -0.2) is 4.79 Å². The number of urea groups is 1. The molecule has 1 unspecified atom stereocenters. The fourth-order valence-corrected chi connectivity index (χ4v) is 2.51. The predicted molar refractivity (Wildman–Crippen MR) is 106 cm³/mol. The maximum absolute atomic E-state index is 12.4. The van der Waals surface area contributed by atoms with Gasteiger partial charge in [-0.1, -0.05) is 35.9 Å². The molecule has 0 bridgehead atoms. The minimum atomic E-state index is -0.386. The second kappa shape index (κ2) is 8.23. The number of nitrogens with one attached hydrogen (secondary N) is 3. The lowest BCUT2D eigenvalue weighted by Gasteiger charge is -2.22. The number of halogens is 1. The summed E-state index contributed by atoms with van der Waals surface area (Å²) in [5.41, 5.74) is 1.44. The Morgan fingerprint density at radius 3 is 2.23 bits per heavy atom. The van der Waals surface area contributed by atoms with E-state index in [1.807, 2.05) is 39.8 Å². The Hall–Kier alpha value is -2.53. The summed E-state index contributed by atoms with van der Waals surface area (Å²) in [5, 5.41) is 9.15. The highest BCUT2D eigenvalue weighted by Crippen LogP contribution is 2.18. The van der Waals surface area contributed by atoms with Gasteiger partial charge in [0.05, 0.1) is 17.3 Å². The van der Waals surface area contributed by atoms with E-state index in [2.05, 4.69) is 16.0 Å². The van der Waals surface area contributed by atoms with Gasteiger partial charge in [-0.15, -0.1) is 0 Å². The summed E-state index contributed by atoms with van der Waals surface area (Å²) in [6, 6.07) is 13.6. The molecule has 0 saturated heterocycles. The van der Waals surface area contributed by atoms with Crippen LogP contribution in [0, 0.1) is 0 Å². The first-order chi connectivity index (χ1) is 12.2. The van der Waals surface area contributed by atoms with Gasteiger partial charge in [0.2, 0.25) is 0 Å². The number of para-hydroxylation sites is 1. The molecule has 0 aliphatic rings. The van der Waals surface area contributed by atoms with Gasteiger partial charge in [0.25, 0.3) is 5.91 Å². The Kier molecular flexibility index (Phi) is 6.27. The van der Waals surface area contributed by atoms with Crippen LogP contribution >= 0.6 is 11.6 Å². The van der Waals surface area contributed by atoms with Gasteiger partial charge in [0.15, 0.2) is 0 Å². The van der Waals surface area contributed by atoms with Gasteiger partial charge in [0.1, 0.15) is 0 Å². The minimum Gasteiger partial charge on any atom is -0.347 e. The third kappa shape index (κ3) is 5.77. The summed E-state index contributed by atoms with van der Waals surface area (Å²) in [4.78, 5) is 24.8. The van der Waals surface area contributed by atoms with Crippen molar-refractivity contribution in [3.05, 3.63) is 64.7 Å². The number of hydrogen-bond donors (Lipinski definition) is 3. The molecular weight excluding hydrogens is 350 g/mol. The summed E-state index contributed by atoms with van der Waals surface area (Å²) in [6.45, 7) is 7.59. The Bertz CT molecular complexity index is 782. The van der Waals surface area contributed by atoms with Crippen LogP contribution in [0.15, 0.2) is 48.5 Å². The van der Waals surface area contributed by atoms with Crippen molar-refractivity contribution >= 4 is 29.2 Å². The summed E-state index contributed by atoms with van der Waals surface area (Å²) in [7, 11) is 0. The second-order valence-electron chi connectivity index (χ2n) is 7.12. The molecule has 6 heteroatoms. The van der Waals surface area contributed by atoms with Gasteiger partial charge < -0.3 is 16.0 Å². The van der Waals surface area contributed by atoms with E-state index < -0.39 is 0 Å². The monoisotopic (exact) mass is 373 g/mol. The van der Waals surface area contributed by atoms with Crippen molar-refractivity contribution in [2.45, 2.75) is 39.3 Å². The first-order valence-electron chi connectivity index (χ1n) is 8.40. The number of carbonyl (C=O) groups is 2. The summed E-state index contributed by atoms with van der Waals surface area (Å²) < 4.78 is 0. The molecule has 2 aromatic carbocycles. The van der Waals surface area contributed by atoms with E-state index >= 15 is 0 Å². The fourth-order valence-electron chi connectivity index (χ4n) is 2.39. The Morgan fingerprint density at radius 1 is 1.00 bits per heavy atom. The normalized spacial score (nSPS) is 12.2. The number of benzene rings is 2. The lowest BCUT2D eigenvalue weighted by atomic mass is 10.1. The largest absolute Gasteiger partial charge is 0.347 e. The average Bonchev–Trinajstić information content (AvgIpc) is 2.54. The van der Waals surface area contributed by atoms with E-state index in [0.29, 0.717) is 16.3 Å². The van der Waals surface area contributed by atoms with Crippen LogP contribution in [-0.2, 0) is 0 Å². The molecule has 2 aromatic rings. The second-order valence-corrected chi connectivity index (χ2v) is 7.56. The molecule has 2 rings (SSSR count). The van der Waals surface area contributed by atoms with E-state index in [9.17, 15) is 9.59 Å². The van der Waals surface area contributed by atoms with Crippen molar-refractivity contribution in [2.24, 2.45) is 0 Å². The number of anilines is 1. The quantitative estimate of drug-likeness (QED) is 0.723. The lowest BCUT2D eigenvalue weighted by Crippen LogP contribution is -2.41. The Balaban J connectivity index is 2.07. The van der Waals surface area contributed by atoms with E-state index in [1.54, 1.807) is 36.4 Å². The standard InChI is InChI=1S/C20H24ClN3O2/c1-13(14-9-11-15(21)12-10-14)22-19(26)23-17-8-6-5-7-16(17)18(25)24-20(2,3)4/h5-13H,1-4H3,(H,24,25)(H2,22,23,26). The third-order valence-electron chi connectivity index (χ3n) is 3.63. The molecule has 0 aliphatic heterocycles. The zero-order valence-electron chi connectivity index (χ0n) is 15.4. The predicted octanol–water partition coefficient (Wildman–Crippen LogP) is 4.75. The molecule has 0 saturated carbocycles. The van der Waals surface area contributed by atoms with Crippen molar-refractivity contribution < 1.29 is 9.59 Å².